The zero-order valence-corrected chi connectivity index (χ0v) is 16.2. The minimum Gasteiger partial charge on any atom is -0.491 e. The highest BCUT2D eigenvalue weighted by molar-refractivity contribution is 5.93. The van der Waals surface area contributed by atoms with E-state index in [-0.39, 0.29) is 12.0 Å². The number of aromatic nitrogens is 3. The van der Waals surface area contributed by atoms with E-state index in [9.17, 15) is 4.79 Å². The largest absolute Gasteiger partial charge is 0.491 e. The van der Waals surface area contributed by atoms with Crippen LogP contribution < -0.4 is 15.8 Å². The van der Waals surface area contributed by atoms with Crippen LogP contribution >= 0.6 is 0 Å². The number of hydrogen-bond acceptors (Lipinski definition) is 5. The topological polar surface area (TPSA) is 95.1 Å². The van der Waals surface area contributed by atoms with Crippen LogP contribution in [-0.2, 0) is 0 Å². The summed E-state index contributed by atoms with van der Waals surface area (Å²) in [6.45, 7) is 10.2. The third kappa shape index (κ3) is 4.60. The molecule has 0 unspecified atom stereocenters. The van der Waals surface area contributed by atoms with Crippen LogP contribution in [0.2, 0.25) is 0 Å². The maximum atomic E-state index is 12.5. The molecule has 0 aliphatic carbocycles. The number of nitrogens with zero attached hydrogens (tertiary/aromatic N) is 3. The van der Waals surface area contributed by atoms with Gasteiger partial charge in [-0.05, 0) is 57.9 Å². The van der Waals surface area contributed by atoms with Gasteiger partial charge < -0.3 is 15.8 Å². The minimum absolute atomic E-state index is 0.116. The molecule has 0 atom stereocenters. The monoisotopic (exact) mass is 359 g/mol. The summed E-state index contributed by atoms with van der Waals surface area (Å²) < 4.78 is 7.28. The van der Waals surface area contributed by atoms with Crippen LogP contribution in [0.3, 0.4) is 0 Å². The van der Waals surface area contributed by atoms with E-state index in [0.29, 0.717) is 17.9 Å². The lowest BCUT2D eigenvalue weighted by Gasteiger charge is -2.26. The molecule has 0 aliphatic rings. The van der Waals surface area contributed by atoms with Crippen LogP contribution in [0, 0.1) is 6.92 Å². The molecular formula is C19H29N5O2. The van der Waals surface area contributed by atoms with Crippen LogP contribution in [0.25, 0.3) is 5.69 Å². The Morgan fingerprint density at radius 1 is 1.27 bits per heavy atom. The van der Waals surface area contributed by atoms with E-state index in [1.165, 1.54) is 0 Å². The quantitative estimate of drug-likeness (QED) is 0.755. The first kappa shape index (κ1) is 19.9. The summed E-state index contributed by atoms with van der Waals surface area (Å²) >= 11 is 0. The lowest BCUT2D eigenvalue weighted by Crippen LogP contribution is -2.49. The average Bonchev–Trinajstić information content (AvgIpc) is 3.01. The Kier molecular flexibility index (Phi) is 6.37. The number of ether oxygens (including phenoxy) is 1. The first-order valence-corrected chi connectivity index (χ1v) is 9.06. The highest BCUT2D eigenvalue weighted by Crippen LogP contribution is 2.18. The first-order chi connectivity index (χ1) is 12.3. The van der Waals surface area contributed by atoms with Crippen molar-refractivity contribution in [3.05, 3.63) is 35.7 Å². The van der Waals surface area contributed by atoms with E-state index < -0.39 is 5.54 Å². The van der Waals surface area contributed by atoms with Crippen LogP contribution in [-0.4, -0.2) is 39.1 Å². The van der Waals surface area contributed by atoms with Gasteiger partial charge in [0.15, 0.2) is 5.69 Å². The fourth-order valence-corrected chi connectivity index (χ4v) is 2.56. The van der Waals surface area contributed by atoms with Crippen molar-refractivity contribution in [2.24, 2.45) is 5.73 Å². The third-order valence-corrected chi connectivity index (χ3v) is 4.57. The van der Waals surface area contributed by atoms with Crippen molar-refractivity contribution in [3.8, 4) is 11.4 Å². The summed E-state index contributed by atoms with van der Waals surface area (Å²) in [4.78, 5) is 12.5. The van der Waals surface area contributed by atoms with Gasteiger partial charge in [-0.15, -0.1) is 5.10 Å². The Morgan fingerprint density at radius 2 is 1.88 bits per heavy atom. The summed E-state index contributed by atoms with van der Waals surface area (Å²) in [5.41, 5.74) is 7.64. The Hall–Kier alpha value is -2.41. The number of hydrogen-bond donors (Lipinski definition) is 2. The predicted octanol–water partition coefficient (Wildman–Crippen LogP) is 2.61. The Morgan fingerprint density at radius 3 is 2.42 bits per heavy atom. The minimum atomic E-state index is -0.397. The van der Waals surface area contributed by atoms with E-state index in [0.717, 1.165) is 24.3 Å². The zero-order valence-electron chi connectivity index (χ0n) is 16.2. The van der Waals surface area contributed by atoms with Gasteiger partial charge in [0.1, 0.15) is 5.75 Å². The van der Waals surface area contributed by atoms with Gasteiger partial charge in [-0.25, -0.2) is 4.68 Å². The summed E-state index contributed by atoms with van der Waals surface area (Å²) in [6, 6.07) is 7.53. The second-order valence-electron chi connectivity index (χ2n) is 6.85. The molecule has 2 rings (SSSR count). The molecule has 1 amide bonds. The summed E-state index contributed by atoms with van der Waals surface area (Å²) in [6.07, 6.45) is 1.70. The molecule has 0 bridgehead atoms. The molecule has 1 heterocycles. The number of amides is 1. The van der Waals surface area contributed by atoms with E-state index in [4.69, 9.17) is 10.5 Å². The molecule has 26 heavy (non-hydrogen) atoms. The lowest BCUT2D eigenvalue weighted by molar-refractivity contribution is 0.0936. The highest BCUT2D eigenvalue weighted by atomic mass is 16.5. The Labute approximate surface area is 154 Å². The summed E-state index contributed by atoms with van der Waals surface area (Å²) in [7, 11) is 0. The highest BCUT2D eigenvalue weighted by Gasteiger charge is 2.23. The number of carbonyl (C=O) groups is 1. The normalized spacial score (nSPS) is 11.7. The second kappa shape index (κ2) is 8.31. The number of nitrogens with two attached hydrogens (primary N) is 1. The van der Waals surface area contributed by atoms with E-state index in [2.05, 4.69) is 15.6 Å². The first-order valence-electron chi connectivity index (χ1n) is 9.06. The van der Waals surface area contributed by atoms with E-state index in [1.54, 1.807) is 4.68 Å². The fourth-order valence-electron chi connectivity index (χ4n) is 2.56. The molecule has 3 N–H and O–H groups in total. The van der Waals surface area contributed by atoms with Gasteiger partial charge >= 0.3 is 0 Å². The van der Waals surface area contributed by atoms with Gasteiger partial charge in [-0.2, -0.15) is 0 Å². The number of nitrogens with one attached hydrogen (secondary N) is 1. The number of carbonyl (C=O) groups excluding carboxylic acids is 1. The Balaban J connectivity index is 2.13. The second-order valence-corrected chi connectivity index (χ2v) is 6.85. The van der Waals surface area contributed by atoms with Crippen molar-refractivity contribution >= 4 is 5.91 Å². The molecule has 142 valence electrons. The maximum absolute atomic E-state index is 12.5. The predicted molar refractivity (Wildman–Crippen MR) is 102 cm³/mol. The molecule has 1 aromatic heterocycles. The van der Waals surface area contributed by atoms with Crippen molar-refractivity contribution in [2.45, 2.75) is 59.1 Å². The SMILES string of the molecule is CCC(N)(CC)CNC(=O)c1nnn(-c2ccc(OC(C)C)cc2)c1C. The van der Waals surface area contributed by atoms with Crippen molar-refractivity contribution in [3.63, 3.8) is 0 Å². The molecule has 7 heteroatoms. The van der Waals surface area contributed by atoms with Crippen molar-refractivity contribution in [1.29, 1.82) is 0 Å². The van der Waals surface area contributed by atoms with Gasteiger partial charge in [0.25, 0.3) is 5.91 Å². The number of rotatable bonds is 8. The van der Waals surface area contributed by atoms with Crippen molar-refractivity contribution < 1.29 is 9.53 Å². The standard InChI is InChI=1S/C19H29N5O2/c1-6-19(20,7-2)12-21-18(25)17-14(5)24(23-22-17)15-8-10-16(11-9-15)26-13(3)4/h8-11,13H,6-7,12,20H2,1-5H3,(H,21,25). The van der Waals surface area contributed by atoms with Crippen LogP contribution in [0.1, 0.15) is 56.7 Å². The smallest absolute Gasteiger partial charge is 0.273 e. The zero-order chi connectivity index (χ0) is 19.3. The van der Waals surface area contributed by atoms with Crippen LogP contribution in [0.15, 0.2) is 24.3 Å². The van der Waals surface area contributed by atoms with Gasteiger partial charge in [0.05, 0.1) is 17.5 Å². The van der Waals surface area contributed by atoms with Crippen molar-refractivity contribution in [1.82, 2.24) is 20.3 Å². The van der Waals surface area contributed by atoms with Gasteiger partial charge in [-0.1, -0.05) is 19.1 Å². The van der Waals surface area contributed by atoms with Crippen molar-refractivity contribution in [2.75, 3.05) is 6.54 Å². The Bertz CT molecular complexity index is 733. The van der Waals surface area contributed by atoms with Gasteiger partial charge in [0, 0.05) is 12.1 Å². The maximum Gasteiger partial charge on any atom is 0.273 e. The molecular weight excluding hydrogens is 330 g/mol. The molecule has 2 aromatic rings. The number of benzene rings is 1. The molecule has 7 nitrogen and oxygen atoms in total. The van der Waals surface area contributed by atoms with Gasteiger partial charge in [-0.3, -0.25) is 4.79 Å². The summed E-state index contributed by atoms with van der Waals surface area (Å²) in [5, 5.41) is 11.0. The van der Waals surface area contributed by atoms with E-state index in [1.807, 2.05) is 58.9 Å². The fraction of sp³-hybridized carbons (Fsp3) is 0.526. The molecule has 0 fully saturated rings. The molecule has 0 radical (unpaired) electrons. The lowest BCUT2D eigenvalue weighted by atomic mass is 9.94. The van der Waals surface area contributed by atoms with Crippen LogP contribution in [0.5, 0.6) is 5.75 Å². The molecule has 0 spiro atoms. The van der Waals surface area contributed by atoms with E-state index >= 15 is 0 Å². The van der Waals surface area contributed by atoms with Gasteiger partial charge in [0.2, 0.25) is 0 Å². The average molecular weight is 359 g/mol. The third-order valence-electron chi connectivity index (χ3n) is 4.57. The molecule has 0 saturated heterocycles. The summed E-state index contributed by atoms with van der Waals surface area (Å²) in [5.74, 6) is 0.531. The molecule has 0 aliphatic heterocycles. The molecule has 0 saturated carbocycles. The van der Waals surface area contributed by atoms with Crippen LogP contribution in [0.4, 0.5) is 0 Å². The molecule has 1 aromatic carbocycles.